The summed E-state index contributed by atoms with van der Waals surface area (Å²) in [7, 11) is 0. The third-order valence-corrected chi connectivity index (χ3v) is 3.60. The van der Waals surface area contributed by atoms with Gasteiger partial charge in [0.25, 0.3) is 0 Å². The molecule has 0 aliphatic heterocycles. The number of carboxylic acids is 1. The molecule has 6 heteroatoms. The lowest BCUT2D eigenvalue weighted by Crippen LogP contribution is -2.20. The summed E-state index contributed by atoms with van der Waals surface area (Å²) in [6, 6.07) is 10.0. The molecule has 3 nitrogen and oxygen atoms in total. The average Bonchev–Trinajstić information content (AvgIpc) is 2.38. The number of halogens is 3. The molecule has 1 unspecified atom stereocenters. The van der Waals surface area contributed by atoms with Crippen molar-refractivity contribution < 1.29 is 14.3 Å². The molecule has 2 aromatic carbocycles. The number of benzene rings is 2. The van der Waals surface area contributed by atoms with Crippen molar-refractivity contribution in [3.8, 4) is 0 Å². The van der Waals surface area contributed by atoms with E-state index in [1.54, 1.807) is 30.3 Å². The van der Waals surface area contributed by atoms with Crippen molar-refractivity contribution in [1.29, 1.82) is 0 Å². The molecule has 0 saturated carbocycles. The first-order valence-electron chi connectivity index (χ1n) is 5.68. The van der Waals surface area contributed by atoms with E-state index in [-0.39, 0.29) is 5.02 Å². The van der Waals surface area contributed by atoms with Crippen LogP contribution in [0, 0.1) is 5.82 Å². The Labute approximate surface area is 128 Å². The SMILES string of the molecule is O=C(O)C(Nc1c(Cl)cc(F)cc1Br)c1ccccc1. The van der Waals surface area contributed by atoms with Crippen molar-refractivity contribution in [2.75, 3.05) is 5.32 Å². The van der Waals surface area contributed by atoms with Crippen LogP contribution >= 0.6 is 27.5 Å². The highest BCUT2D eigenvalue weighted by atomic mass is 79.9. The number of aliphatic carboxylic acids is 1. The van der Waals surface area contributed by atoms with Gasteiger partial charge < -0.3 is 10.4 Å². The van der Waals surface area contributed by atoms with Gasteiger partial charge >= 0.3 is 5.97 Å². The zero-order valence-electron chi connectivity index (χ0n) is 10.1. The minimum absolute atomic E-state index is 0.110. The zero-order valence-corrected chi connectivity index (χ0v) is 12.5. The molecule has 0 spiro atoms. The summed E-state index contributed by atoms with van der Waals surface area (Å²) in [6.07, 6.45) is 0. The predicted molar refractivity (Wildman–Crippen MR) is 79.6 cm³/mol. The maximum atomic E-state index is 13.2. The second-order valence-corrected chi connectivity index (χ2v) is 5.33. The van der Waals surface area contributed by atoms with Crippen molar-refractivity contribution in [2.45, 2.75) is 6.04 Å². The Morgan fingerprint density at radius 2 is 1.95 bits per heavy atom. The Balaban J connectivity index is 2.38. The molecule has 0 aliphatic carbocycles. The van der Waals surface area contributed by atoms with Crippen molar-refractivity contribution in [2.24, 2.45) is 0 Å². The quantitative estimate of drug-likeness (QED) is 0.847. The summed E-state index contributed by atoms with van der Waals surface area (Å²) < 4.78 is 13.5. The summed E-state index contributed by atoms with van der Waals surface area (Å²) >= 11 is 9.11. The van der Waals surface area contributed by atoms with E-state index in [0.717, 1.165) is 6.07 Å². The van der Waals surface area contributed by atoms with Crippen LogP contribution in [0.5, 0.6) is 0 Å². The average molecular weight is 359 g/mol. The zero-order chi connectivity index (χ0) is 14.7. The molecule has 2 aromatic rings. The largest absolute Gasteiger partial charge is 0.479 e. The van der Waals surface area contributed by atoms with E-state index in [2.05, 4.69) is 21.2 Å². The third-order valence-electron chi connectivity index (χ3n) is 2.68. The van der Waals surface area contributed by atoms with E-state index >= 15 is 0 Å². The van der Waals surface area contributed by atoms with Crippen LogP contribution in [-0.4, -0.2) is 11.1 Å². The van der Waals surface area contributed by atoms with Crippen LogP contribution in [0.2, 0.25) is 5.02 Å². The van der Waals surface area contributed by atoms with Crippen LogP contribution in [0.15, 0.2) is 46.9 Å². The molecule has 0 aromatic heterocycles. The first kappa shape index (κ1) is 14.8. The molecule has 0 bridgehead atoms. The lowest BCUT2D eigenvalue weighted by atomic mass is 10.1. The molecule has 0 heterocycles. The minimum atomic E-state index is -1.05. The summed E-state index contributed by atoms with van der Waals surface area (Å²) in [5.41, 5.74) is 0.914. The van der Waals surface area contributed by atoms with Crippen molar-refractivity contribution >= 4 is 39.2 Å². The smallest absolute Gasteiger partial charge is 0.330 e. The Bertz CT molecular complexity index is 613. The van der Waals surface area contributed by atoms with E-state index in [9.17, 15) is 14.3 Å². The van der Waals surface area contributed by atoms with E-state index in [0.29, 0.717) is 15.7 Å². The van der Waals surface area contributed by atoms with Crippen LogP contribution in [0.4, 0.5) is 10.1 Å². The highest BCUT2D eigenvalue weighted by Crippen LogP contribution is 2.34. The van der Waals surface area contributed by atoms with E-state index in [1.807, 2.05) is 0 Å². The standard InChI is InChI=1S/C14H10BrClFNO2/c15-10-6-9(17)7-11(16)13(10)18-12(14(19)20)8-4-2-1-3-5-8/h1-7,12,18H,(H,19,20). The lowest BCUT2D eigenvalue weighted by Gasteiger charge is -2.18. The van der Waals surface area contributed by atoms with Gasteiger partial charge in [-0.3, -0.25) is 0 Å². The number of rotatable bonds is 4. The molecule has 0 radical (unpaired) electrons. The molecule has 1 atom stereocenters. The van der Waals surface area contributed by atoms with Crippen molar-refractivity contribution in [1.82, 2.24) is 0 Å². The second kappa shape index (κ2) is 6.24. The van der Waals surface area contributed by atoms with E-state index in [1.165, 1.54) is 6.07 Å². The van der Waals surface area contributed by atoms with Gasteiger partial charge in [0.05, 0.1) is 10.7 Å². The Hall–Kier alpha value is -1.59. The maximum Gasteiger partial charge on any atom is 0.330 e. The minimum Gasteiger partial charge on any atom is -0.479 e. The van der Waals surface area contributed by atoms with E-state index in [4.69, 9.17) is 11.6 Å². The predicted octanol–water partition coefficient (Wildman–Crippen LogP) is 4.48. The monoisotopic (exact) mass is 357 g/mol. The molecule has 0 fully saturated rings. The number of hydrogen-bond acceptors (Lipinski definition) is 2. The number of carboxylic acid groups (broad SMARTS) is 1. The fourth-order valence-electron chi connectivity index (χ4n) is 1.76. The summed E-state index contributed by atoms with van der Waals surface area (Å²) in [4.78, 5) is 11.4. The van der Waals surface area contributed by atoms with Crippen LogP contribution < -0.4 is 5.32 Å². The van der Waals surface area contributed by atoms with Gasteiger partial charge in [0.1, 0.15) is 5.82 Å². The fraction of sp³-hybridized carbons (Fsp3) is 0.0714. The number of anilines is 1. The summed E-state index contributed by atoms with van der Waals surface area (Å²) in [5.74, 6) is -1.55. The van der Waals surface area contributed by atoms with Gasteiger partial charge in [-0.1, -0.05) is 41.9 Å². The van der Waals surface area contributed by atoms with Crippen LogP contribution in [0.3, 0.4) is 0 Å². The molecule has 104 valence electrons. The normalized spacial score (nSPS) is 11.9. The highest BCUT2D eigenvalue weighted by molar-refractivity contribution is 9.10. The number of nitrogens with one attached hydrogen (secondary N) is 1. The van der Waals surface area contributed by atoms with Gasteiger partial charge in [-0.25, -0.2) is 9.18 Å². The first-order chi connectivity index (χ1) is 9.49. The fourth-order valence-corrected chi connectivity index (χ4v) is 2.68. The van der Waals surface area contributed by atoms with Gasteiger partial charge in [0.15, 0.2) is 6.04 Å². The Kier molecular flexibility index (Phi) is 4.62. The van der Waals surface area contributed by atoms with Gasteiger partial charge in [-0.15, -0.1) is 0 Å². The van der Waals surface area contributed by atoms with Gasteiger partial charge in [-0.2, -0.15) is 0 Å². The third kappa shape index (κ3) is 3.29. The highest BCUT2D eigenvalue weighted by Gasteiger charge is 2.21. The number of carbonyl (C=O) groups is 1. The second-order valence-electron chi connectivity index (χ2n) is 4.07. The van der Waals surface area contributed by atoms with Crippen molar-refractivity contribution in [3.05, 3.63) is 63.3 Å². The van der Waals surface area contributed by atoms with Crippen molar-refractivity contribution in [3.63, 3.8) is 0 Å². The molecule has 20 heavy (non-hydrogen) atoms. The molecule has 0 saturated heterocycles. The van der Waals surface area contributed by atoms with Crippen LogP contribution in [-0.2, 0) is 4.79 Å². The Morgan fingerprint density at radius 3 is 2.50 bits per heavy atom. The Morgan fingerprint density at radius 1 is 1.30 bits per heavy atom. The molecule has 0 aliphatic rings. The molecular weight excluding hydrogens is 349 g/mol. The molecule has 2 rings (SSSR count). The number of hydrogen-bond donors (Lipinski definition) is 2. The first-order valence-corrected chi connectivity index (χ1v) is 6.85. The summed E-state index contributed by atoms with van der Waals surface area (Å²) in [5, 5.41) is 12.3. The van der Waals surface area contributed by atoms with Crippen LogP contribution in [0.25, 0.3) is 0 Å². The maximum absolute atomic E-state index is 13.2. The molecule has 0 amide bonds. The lowest BCUT2D eigenvalue weighted by molar-refractivity contribution is -0.138. The molecular formula is C14H10BrClFNO2. The topological polar surface area (TPSA) is 49.3 Å². The van der Waals surface area contributed by atoms with E-state index < -0.39 is 17.8 Å². The summed E-state index contributed by atoms with van der Waals surface area (Å²) in [6.45, 7) is 0. The van der Waals surface area contributed by atoms with Crippen LogP contribution in [0.1, 0.15) is 11.6 Å². The molecule has 2 N–H and O–H groups in total. The van der Waals surface area contributed by atoms with Gasteiger partial charge in [-0.05, 0) is 33.6 Å². The van der Waals surface area contributed by atoms with Gasteiger partial charge in [0.2, 0.25) is 0 Å². The van der Waals surface area contributed by atoms with Gasteiger partial charge in [0, 0.05) is 4.47 Å².